The molecule has 0 saturated heterocycles. The lowest BCUT2D eigenvalue weighted by Crippen LogP contribution is -2.20. The second-order valence-electron chi connectivity index (χ2n) is 4.99. The Balaban J connectivity index is 2.15. The third-order valence-corrected chi connectivity index (χ3v) is 3.47. The van der Waals surface area contributed by atoms with Crippen LogP contribution in [0.1, 0.15) is 17.4 Å². The topological polar surface area (TPSA) is 33.1 Å². The van der Waals surface area contributed by atoms with E-state index in [2.05, 4.69) is 58.1 Å². The molecule has 1 aromatic heterocycles. The van der Waals surface area contributed by atoms with Gasteiger partial charge in [-0.15, -0.1) is 0 Å². The molecule has 1 heterocycles. The highest BCUT2D eigenvalue weighted by molar-refractivity contribution is 5.46. The minimum Gasteiger partial charge on any atom is -0.378 e. The number of aromatic nitrogens is 2. The van der Waals surface area contributed by atoms with Crippen molar-refractivity contribution >= 4 is 5.69 Å². The highest BCUT2D eigenvalue weighted by Gasteiger charge is 2.12. The van der Waals surface area contributed by atoms with Crippen LogP contribution in [0.15, 0.2) is 36.7 Å². The molecule has 0 aliphatic heterocycles. The second-order valence-corrected chi connectivity index (χ2v) is 4.99. The van der Waals surface area contributed by atoms with Crippen molar-refractivity contribution in [3.8, 4) is 0 Å². The van der Waals surface area contributed by atoms with Gasteiger partial charge < -0.3 is 14.8 Å². The third-order valence-electron chi connectivity index (χ3n) is 3.47. The number of hydrogen-bond donors (Lipinski definition) is 1. The van der Waals surface area contributed by atoms with Gasteiger partial charge in [0.2, 0.25) is 0 Å². The van der Waals surface area contributed by atoms with Gasteiger partial charge in [0.05, 0.1) is 0 Å². The van der Waals surface area contributed by atoms with Gasteiger partial charge in [-0.25, -0.2) is 4.98 Å². The molecule has 1 unspecified atom stereocenters. The first kappa shape index (κ1) is 13.6. The molecule has 0 radical (unpaired) electrons. The van der Waals surface area contributed by atoms with E-state index in [1.54, 1.807) is 0 Å². The van der Waals surface area contributed by atoms with Crippen molar-refractivity contribution < 1.29 is 0 Å². The van der Waals surface area contributed by atoms with Crippen LogP contribution in [-0.4, -0.2) is 30.7 Å². The minimum atomic E-state index is 0.289. The first-order chi connectivity index (χ1) is 9.11. The first-order valence-electron chi connectivity index (χ1n) is 6.52. The van der Waals surface area contributed by atoms with Crippen LogP contribution >= 0.6 is 0 Å². The van der Waals surface area contributed by atoms with Crippen LogP contribution in [0.4, 0.5) is 5.69 Å². The van der Waals surface area contributed by atoms with Crippen LogP contribution in [0.2, 0.25) is 0 Å². The number of likely N-dealkylation sites (N-methyl/N-ethyl adjacent to an activating group) is 1. The Morgan fingerprint density at radius 1 is 1.26 bits per heavy atom. The lowest BCUT2D eigenvalue weighted by molar-refractivity contribution is 0.563. The van der Waals surface area contributed by atoms with Crippen molar-refractivity contribution in [2.45, 2.75) is 12.5 Å². The van der Waals surface area contributed by atoms with E-state index < -0.39 is 0 Å². The summed E-state index contributed by atoms with van der Waals surface area (Å²) >= 11 is 0. The molecule has 2 aromatic rings. The maximum Gasteiger partial charge on any atom is 0.110 e. The van der Waals surface area contributed by atoms with E-state index in [9.17, 15) is 0 Å². The Morgan fingerprint density at radius 3 is 2.42 bits per heavy atom. The molecule has 1 atom stereocenters. The molecule has 0 amide bonds. The summed E-state index contributed by atoms with van der Waals surface area (Å²) in [7, 11) is 8.13. The molecule has 1 aromatic carbocycles. The number of imidazole rings is 1. The predicted octanol–water partition coefficient (Wildman–Crippen LogP) is 1.99. The Bertz CT molecular complexity index is 513. The van der Waals surface area contributed by atoms with Crippen LogP contribution in [0, 0.1) is 0 Å². The Kier molecular flexibility index (Phi) is 4.22. The molecule has 19 heavy (non-hydrogen) atoms. The fourth-order valence-electron chi connectivity index (χ4n) is 2.17. The van der Waals surface area contributed by atoms with Crippen molar-refractivity contribution in [1.82, 2.24) is 14.9 Å². The van der Waals surface area contributed by atoms with Crippen molar-refractivity contribution in [3.05, 3.63) is 48.0 Å². The van der Waals surface area contributed by atoms with Crippen molar-refractivity contribution in [2.24, 2.45) is 7.05 Å². The number of benzene rings is 1. The second kappa shape index (κ2) is 5.89. The minimum absolute atomic E-state index is 0.289. The molecule has 1 N–H and O–H groups in total. The summed E-state index contributed by atoms with van der Waals surface area (Å²) in [6, 6.07) is 8.95. The van der Waals surface area contributed by atoms with Gasteiger partial charge in [-0.05, 0) is 24.7 Å². The fourth-order valence-corrected chi connectivity index (χ4v) is 2.17. The van der Waals surface area contributed by atoms with Crippen molar-refractivity contribution in [1.29, 1.82) is 0 Å². The number of nitrogens with zero attached hydrogens (tertiary/aromatic N) is 3. The number of aryl methyl sites for hydroxylation is 1. The summed E-state index contributed by atoms with van der Waals surface area (Å²) in [5, 5.41) is 3.37. The lowest BCUT2D eigenvalue weighted by atomic mass is 10.0. The van der Waals surface area contributed by atoms with Gasteiger partial charge in [0.1, 0.15) is 5.82 Å². The van der Waals surface area contributed by atoms with Gasteiger partial charge in [0.15, 0.2) is 0 Å². The highest BCUT2D eigenvalue weighted by atomic mass is 15.1. The monoisotopic (exact) mass is 258 g/mol. The van der Waals surface area contributed by atoms with Gasteiger partial charge in [-0.1, -0.05) is 12.1 Å². The highest BCUT2D eigenvalue weighted by Crippen LogP contribution is 2.20. The largest absolute Gasteiger partial charge is 0.378 e. The van der Waals surface area contributed by atoms with Gasteiger partial charge in [0.25, 0.3) is 0 Å². The summed E-state index contributed by atoms with van der Waals surface area (Å²) in [6.45, 7) is 0. The predicted molar refractivity (Wildman–Crippen MR) is 79.5 cm³/mol. The zero-order valence-electron chi connectivity index (χ0n) is 12.1. The summed E-state index contributed by atoms with van der Waals surface area (Å²) in [5.41, 5.74) is 2.51. The van der Waals surface area contributed by atoms with E-state index in [1.165, 1.54) is 11.3 Å². The SMILES string of the molecule is CNC(Cc1nccn1C)c1ccc(N(C)C)cc1. The van der Waals surface area contributed by atoms with E-state index >= 15 is 0 Å². The summed E-state index contributed by atoms with van der Waals surface area (Å²) in [4.78, 5) is 6.50. The third kappa shape index (κ3) is 3.15. The average Bonchev–Trinajstić information content (AvgIpc) is 2.81. The molecule has 102 valence electrons. The maximum absolute atomic E-state index is 4.39. The molecule has 0 saturated carbocycles. The lowest BCUT2D eigenvalue weighted by Gasteiger charge is -2.18. The quantitative estimate of drug-likeness (QED) is 0.890. The Morgan fingerprint density at radius 2 is 1.95 bits per heavy atom. The van der Waals surface area contributed by atoms with Crippen molar-refractivity contribution in [3.63, 3.8) is 0 Å². The number of rotatable bonds is 5. The van der Waals surface area contributed by atoms with Gasteiger partial charge >= 0.3 is 0 Å². The smallest absolute Gasteiger partial charge is 0.110 e. The average molecular weight is 258 g/mol. The van der Waals surface area contributed by atoms with E-state index in [4.69, 9.17) is 0 Å². The molecule has 4 nitrogen and oxygen atoms in total. The van der Waals surface area contributed by atoms with E-state index in [0.717, 1.165) is 12.2 Å². The first-order valence-corrected chi connectivity index (χ1v) is 6.52. The molecule has 4 heteroatoms. The zero-order chi connectivity index (χ0) is 13.8. The van der Waals surface area contributed by atoms with E-state index in [-0.39, 0.29) is 6.04 Å². The zero-order valence-corrected chi connectivity index (χ0v) is 12.1. The van der Waals surface area contributed by atoms with Crippen LogP contribution in [0.3, 0.4) is 0 Å². The summed E-state index contributed by atoms with van der Waals surface area (Å²) in [6.07, 6.45) is 4.72. The Labute approximate surface area is 115 Å². The fraction of sp³-hybridized carbons (Fsp3) is 0.400. The van der Waals surface area contributed by atoms with Crippen LogP contribution in [-0.2, 0) is 13.5 Å². The molecule has 0 spiro atoms. The Hall–Kier alpha value is -1.81. The normalized spacial score (nSPS) is 12.4. The molecular weight excluding hydrogens is 236 g/mol. The molecule has 0 bridgehead atoms. The number of nitrogens with one attached hydrogen (secondary N) is 1. The van der Waals surface area contributed by atoms with E-state index in [1.807, 2.05) is 26.5 Å². The van der Waals surface area contributed by atoms with E-state index in [0.29, 0.717) is 0 Å². The molecule has 0 aliphatic carbocycles. The summed E-state index contributed by atoms with van der Waals surface area (Å²) in [5.74, 6) is 1.09. The van der Waals surface area contributed by atoms with Crippen LogP contribution < -0.4 is 10.2 Å². The standard InChI is InChI=1S/C15H22N4/c1-16-14(11-15-17-9-10-19(15)4)12-5-7-13(8-6-12)18(2)3/h5-10,14,16H,11H2,1-4H3. The summed E-state index contributed by atoms with van der Waals surface area (Å²) < 4.78 is 2.07. The molecule has 0 fully saturated rings. The van der Waals surface area contributed by atoms with Crippen LogP contribution in [0.25, 0.3) is 0 Å². The van der Waals surface area contributed by atoms with Crippen LogP contribution in [0.5, 0.6) is 0 Å². The van der Waals surface area contributed by atoms with Crippen molar-refractivity contribution in [2.75, 3.05) is 26.0 Å². The van der Waals surface area contributed by atoms with Gasteiger partial charge in [0, 0.05) is 51.7 Å². The maximum atomic E-state index is 4.39. The molecule has 2 rings (SSSR count). The number of hydrogen-bond acceptors (Lipinski definition) is 3. The number of anilines is 1. The molecule has 0 aliphatic rings. The van der Waals surface area contributed by atoms with Gasteiger partial charge in [-0.2, -0.15) is 0 Å². The van der Waals surface area contributed by atoms with Gasteiger partial charge in [-0.3, -0.25) is 0 Å². The molecular formula is C15H22N4.